The number of hydrogen-bond donors (Lipinski definition) is 1. The summed E-state index contributed by atoms with van der Waals surface area (Å²) in [5.41, 5.74) is 2.30. The van der Waals surface area contributed by atoms with E-state index < -0.39 is 0 Å². The van der Waals surface area contributed by atoms with Crippen LogP contribution in [0.4, 0.5) is 0 Å². The number of aryl methyl sites for hydroxylation is 2. The van der Waals surface area contributed by atoms with Crippen LogP contribution in [0.25, 0.3) is 0 Å². The van der Waals surface area contributed by atoms with E-state index in [2.05, 4.69) is 23.4 Å². The van der Waals surface area contributed by atoms with E-state index in [1.54, 1.807) is 0 Å². The fourth-order valence-electron chi connectivity index (χ4n) is 1.41. The van der Waals surface area contributed by atoms with Gasteiger partial charge in [-0.2, -0.15) is 5.10 Å². The van der Waals surface area contributed by atoms with Gasteiger partial charge in [0.25, 0.3) is 0 Å². The number of halogens is 1. The molecule has 1 atom stereocenters. The van der Waals surface area contributed by atoms with Crippen molar-refractivity contribution in [3.8, 4) is 0 Å². The molecule has 1 aromatic rings. The van der Waals surface area contributed by atoms with Crippen LogP contribution in [0.15, 0.2) is 6.07 Å². The van der Waals surface area contributed by atoms with Crippen molar-refractivity contribution in [1.29, 1.82) is 0 Å². The molecule has 0 bridgehead atoms. The molecular formula is C10H18ClN3. The average Bonchev–Trinajstić information content (AvgIpc) is 2.45. The lowest BCUT2D eigenvalue weighted by molar-refractivity contribution is 0.578. The Morgan fingerprint density at radius 1 is 1.64 bits per heavy atom. The van der Waals surface area contributed by atoms with Crippen molar-refractivity contribution in [3.63, 3.8) is 0 Å². The van der Waals surface area contributed by atoms with Gasteiger partial charge >= 0.3 is 0 Å². The number of aromatic nitrogens is 2. The fraction of sp³-hybridized carbons (Fsp3) is 0.700. The lowest BCUT2D eigenvalue weighted by Crippen LogP contribution is -2.22. The Morgan fingerprint density at radius 2 is 2.36 bits per heavy atom. The molecule has 0 radical (unpaired) electrons. The van der Waals surface area contributed by atoms with Crippen LogP contribution in [0.1, 0.15) is 25.2 Å². The van der Waals surface area contributed by atoms with Gasteiger partial charge in [-0.05, 0) is 26.8 Å². The molecule has 0 aliphatic carbocycles. The van der Waals surface area contributed by atoms with Crippen molar-refractivity contribution in [3.05, 3.63) is 17.5 Å². The standard InChI is InChI=1S/C10H18ClN3/c1-4-14-10(5-9(3)13-14)7-12-6-8(2)11/h5,8,12H,4,6-7H2,1-3H3. The third-order valence-corrected chi connectivity index (χ3v) is 2.17. The van der Waals surface area contributed by atoms with Crippen molar-refractivity contribution in [2.45, 2.75) is 39.2 Å². The molecule has 0 fully saturated rings. The van der Waals surface area contributed by atoms with Gasteiger partial charge in [-0.1, -0.05) is 0 Å². The van der Waals surface area contributed by atoms with Gasteiger partial charge in [0, 0.05) is 25.0 Å². The molecule has 14 heavy (non-hydrogen) atoms. The van der Waals surface area contributed by atoms with E-state index in [1.807, 2.05) is 18.5 Å². The summed E-state index contributed by atoms with van der Waals surface area (Å²) in [5.74, 6) is 0. The molecule has 0 saturated heterocycles. The van der Waals surface area contributed by atoms with Gasteiger partial charge in [0.1, 0.15) is 0 Å². The predicted octanol–water partition coefficient (Wildman–Crippen LogP) is 1.93. The zero-order chi connectivity index (χ0) is 10.6. The minimum atomic E-state index is 0.175. The molecule has 1 N–H and O–H groups in total. The Kier molecular flexibility index (Phi) is 4.42. The SMILES string of the molecule is CCn1nc(C)cc1CNCC(C)Cl. The van der Waals surface area contributed by atoms with E-state index in [0.717, 1.165) is 25.3 Å². The molecule has 1 unspecified atom stereocenters. The van der Waals surface area contributed by atoms with Crippen LogP contribution in [0, 0.1) is 6.92 Å². The lowest BCUT2D eigenvalue weighted by atomic mass is 10.3. The van der Waals surface area contributed by atoms with Gasteiger partial charge in [-0.15, -0.1) is 11.6 Å². The summed E-state index contributed by atoms with van der Waals surface area (Å²) in [6, 6.07) is 2.11. The van der Waals surface area contributed by atoms with E-state index in [1.165, 1.54) is 5.69 Å². The molecule has 0 aliphatic heterocycles. The van der Waals surface area contributed by atoms with Crippen molar-refractivity contribution in [1.82, 2.24) is 15.1 Å². The highest BCUT2D eigenvalue weighted by Crippen LogP contribution is 2.03. The van der Waals surface area contributed by atoms with Gasteiger partial charge < -0.3 is 5.32 Å². The first-order valence-corrected chi connectivity index (χ1v) is 5.45. The quantitative estimate of drug-likeness (QED) is 0.761. The molecule has 1 rings (SSSR count). The summed E-state index contributed by atoms with van der Waals surface area (Å²) in [5, 5.41) is 7.84. The maximum Gasteiger partial charge on any atom is 0.0597 e. The molecule has 4 heteroatoms. The Bertz CT molecular complexity index is 281. The molecule has 1 aromatic heterocycles. The highest BCUT2D eigenvalue weighted by molar-refractivity contribution is 6.20. The molecule has 80 valence electrons. The van der Waals surface area contributed by atoms with Crippen LogP contribution in [-0.2, 0) is 13.1 Å². The van der Waals surface area contributed by atoms with Gasteiger partial charge in [0.05, 0.1) is 11.4 Å². The lowest BCUT2D eigenvalue weighted by Gasteiger charge is -2.07. The van der Waals surface area contributed by atoms with Crippen LogP contribution in [0.5, 0.6) is 0 Å². The summed E-state index contributed by atoms with van der Waals surface area (Å²) in [6.45, 7) is 8.68. The molecule has 0 aromatic carbocycles. The van der Waals surface area contributed by atoms with Crippen molar-refractivity contribution >= 4 is 11.6 Å². The predicted molar refractivity (Wildman–Crippen MR) is 59.7 cm³/mol. The molecular weight excluding hydrogens is 198 g/mol. The Hall–Kier alpha value is -0.540. The molecule has 0 amide bonds. The summed E-state index contributed by atoms with van der Waals surface area (Å²) in [4.78, 5) is 0. The molecule has 1 heterocycles. The first-order valence-electron chi connectivity index (χ1n) is 5.01. The topological polar surface area (TPSA) is 29.9 Å². The third kappa shape index (κ3) is 3.31. The minimum absolute atomic E-state index is 0.175. The van der Waals surface area contributed by atoms with Gasteiger partial charge in [0.15, 0.2) is 0 Å². The monoisotopic (exact) mass is 215 g/mol. The maximum atomic E-state index is 5.84. The first kappa shape index (κ1) is 11.5. The number of alkyl halides is 1. The Balaban J connectivity index is 2.48. The van der Waals surface area contributed by atoms with Crippen molar-refractivity contribution < 1.29 is 0 Å². The van der Waals surface area contributed by atoms with Crippen LogP contribution in [0.2, 0.25) is 0 Å². The van der Waals surface area contributed by atoms with Crippen molar-refractivity contribution in [2.24, 2.45) is 0 Å². The van der Waals surface area contributed by atoms with E-state index in [0.29, 0.717) is 0 Å². The third-order valence-electron chi connectivity index (χ3n) is 2.02. The van der Waals surface area contributed by atoms with E-state index in [-0.39, 0.29) is 5.38 Å². The Labute approximate surface area is 90.4 Å². The molecule has 0 saturated carbocycles. The van der Waals surface area contributed by atoms with Crippen LogP contribution in [-0.4, -0.2) is 21.7 Å². The number of rotatable bonds is 5. The zero-order valence-corrected chi connectivity index (χ0v) is 9.80. The summed E-state index contributed by atoms with van der Waals surface area (Å²) in [7, 11) is 0. The summed E-state index contributed by atoms with van der Waals surface area (Å²) in [6.07, 6.45) is 0. The van der Waals surface area contributed by atoms with Crippen molar-refractivity contribution in [2.75, 3.05) is 6.54 Å². The van der Waals surface area contributed by atoms with Gasteiger partial charge in [-0.3, -0.25) is 4.68 Å². The van der Waals surface area contributed by atoms with Crippen LogP contribution < -0.4 is 5.32 Å². The van der Waals surface area contributed by atoms with E-state index in [9.17, 15) is 0 Å². The maximum absolute atomic E-state index is 5.84. The molecule has 3 nitrogen and oxygen atoms in total. The van der Waals surface area contributed by atoms with Gasteiger partial charge in [-0.25, -0.2) is 0 Å². The van der Waals surface area contributed by atoms with E-state index in [4.69, 9.17) is 11.6 Å². The number of hydrogen-bond acceptors (Lipinski definition) is 2. The normalized spacial score (nSPS) is 13.1. The summed E-state index contributed by atoms with van der Waals surface area (Å²) >= 11 is 5.84. The van der Waals surface area contributed by atoms with Crippen LogP contribution in [0.3, 0.4) is 0 Å². The second-order valence-electron chi connectivity index (χ2n) is 3.50. The second-order valence-corrected chi connectivity index (χ2v) is 4.25. The highest BCUT2D eigenvalue weighted by Gasteiger charge is 2.03. The van der Waals surface area contributed by atoms with E-state index >= 15 is 0 Å². The molecule has 0 spiro atoms. The number of nitrogens with zero attached hydrogens (tertiary/aromatic N) is 2. The average molecular weight is 216 g/mol. The minimum Gasteiger partial charge on any atom is -0.310 e. The second kappa shape index (κ2) is 5.37. The fourth-order valence-corrected chi connectivity index (χ4v) is 1.52. The Morgan fingerprint density at radius 3 is 2.93 bits per heavy atom. The van der Waals surface area contributed by atoms with Gasteiger partial charge in [0.2, 0.25) is 0 Å². The van der Waals surface area contributed by atoms with Crippen LogP contribution >= 0.6 is 11.6 Å². The largest absolute Gasteiger partial charge is 0.310 e. The molecule has 0 aliphatic rings. The first-order chi connectivity index (χ1) is 6.63. The highest BCUT2D eigenvalue weighted by atomic mass is 35.5. The zero-order valence-electron chi connectivity index (χ0n) is 9.05. The smallest absolute Gasteiger partial charge is 0.0597 e. The summed E-state index contributed by atoms with van der Waals surface area (Å²) < 4.78 is 2.02. The number of nitrogens with one attached hydrogen (secondary N) is 1.